The second-order valence-corrected chi connectivity index (χ2v) is 6.01. The molecule has 2 saturated carbocycles. The molecular weight excluding hydrogens is 170 g/mol. The molecule has 2 fully saturated rings. The monoisotopic (exact) mass is 195 g/mol. The first-order valence-electron chi connectivity index (χ1n) is 6.36. The Morgan fingerprint density at radius 2 is 1.71 bits per heavy atom. The predicted octanol–water partition coefficient (Wildman–Crippen LogP) is 3.19. The Bertz CT molecular complexity index is 191. The number of nitrogens with two attached hydrogens (primary N) is 1. The predicted molar refractivity (Wildman–Crippen MR) is 61.0 cm³/mol. The van der Waals surface area contributed by atoms with E-state index in [1.807, 2.05) is 0 Å². The molecule has 0 aliphatic heterocycles. The second kappa shape index (κ2) is 3.84. The molecule has 0 heterocycles. The molecule has 0 saturated heterocycles. The van der Waals surface area contributed by atoms with Crippen molar-refractivity contribution in [2.24, 2.45) is 28.9 Å². The van der Waals surface area contributed by atoms with E-state index in [9.17, 15) is 0 Å². The smallest absolute Gasteiger partial charge is 0.00408 e. The van der Waals surface area contributed by atoms with Crippen LogP contribution >= 0.6 is 0 Å². The Labute approximate surface area is 88.4 Å². The van der Waals surface area contributed by atoms with Gasteiger partial charge in [-0.15, -0.1) is 0 Å². The van der Waals surface area contributed by atoms with Crippen molar-refractivity contribution in [1.29, 1.82) is 0 Å². The topological polar surface area (TPSA) is 26.0 Å². The molecule has 14 heavy (non-hydrogen) atoms. The molecule has 1 heteroatoms. The lowest BCUT2D eigenvalue weighted by Crippen LogP contribution is -2.09. The first kappa shape index (κ1) is 10.5. The van der Waals surface area contributed by atoms with E-state index in [0.717, 1.165) is 24.3 Å². The van der Waals surface area contributed by atoms with Crippen molar-refractivity contribution < 1.29 is 0 Å². The van der Waals surface area contributed by atoms with E-state index in [-0.39, 0.29) is 0 Å². The van der Waals surface area contributed by atoms with Crippen LogP contribution in [0.2, 0.25) is 0 Å². The summed E-state index contributed by atoms with van der Waals surface area (Å²) in [5.74, 6) is 2.80. The normalized spacial score (nSPS) is 37.1. The molecule has 0 radical (unpaired) electrons. The SMILES string of the molecule is CC1(C)[C@@H](CN)[C@@H]1CC1CCCCC1. The van der Waals surface area contributed by atoms with Crippen molar-refractivity contribution in [3.8, 4) is 0 Å². The van der Waals surface area contributed by atoms with Crippen molar-refractivity contribution in [3.05, 3.63) is 0 Å². The molecule has 0 aromatic carbocycles. The van der Waals surface area contributed by atoms with Crippen molar-refractivity contribution in [1.82, 2.24) is 0 Å². The zero-order valence-electron chi connectivity index (χ0n) is 9.76. The average molecular weight is 195 g/mol. The molecule has 0 aromatic heterocycles. The molecule has 2 rings (SSSR count). The number of hydrogen-bond acceptors (Lipinski definition) is 1. The molecule has 2 aliphatic carbocycles. The largest absolute Gasteiger partial charge is 0.330 e. The Hall–Kier alpha value is -0.0400. The Balaban J connectivity index is 1.81. The van der Waals surface area contributed by atoms with Crippen molar-refractivity contribution >= 4 is 0 Å². The van der Waals surface area contributed by atoms with Gasteiger partial charge in [0.15, 0.2) is 0 Å². The molecule has 0 amide bonds. The summed E-state index contributed by atoms with van der Waals surface area (Å²) < 4.78 is 0. The van der Waals surface area contributed by atoms with Gasteiger partial charge < -0.3 is 5.73 Å². The first-order valence-corrected chi connectivity index (χ1v) is 6.36. The van der Waals surface area contributed by atoms with E-state index in [1.54, 1.807) is 0 Å². The second-order valence-electron chi connectivity index (χ2n) is 6.01. The molecule has 82 valence electrons. The molecule has 0 bridgehead atoms. The minimum Gasteiger partial charge on any atom is -0.330 e. The van der Waals surface area contributed by atoms with E-state index in [2.05, 4.69) is 13.8 Å². The van der Waals surface area contributed by atoms with Crippen molar-refractivity contribution in [2.75, 3.05) is 6.54 Å². The summed E-state index contributed by atoms with van der Waals surface area (Å²) in [7, 11) is 0. The van der Waals surface area contributed by atoms with E-state index in [1.165, 1.54) is 38.5 Å². The highest BCUT2D eigenvalue weighted by Gasteiger charge is 2.56. The fourth-order valence-electron chi connectivity index (χ4n) is 3.58. The zero-order valence-corrected chi connectivity index (χ0v) is 9.76. The maximum atomic E-state index is 5.80. The van der Waals surface area contributed by atoms with Gasteiger partial charge in [0, 0.05) is 0 Å². The van der Waals surface area contributed by atoms with Crippen LogP contribution in [-0.2, 0) is 0 Å². The highest BCUT2D eigenvalue weighted by molar-refractivity contribution is 5.05. The number of rotatable bonds is 3. The lowest BCUT2D eigenvalue weighted by molar-refractivity contribution is 0.309. The van der Waals surface area contributed by atoms with Gasteiger partial charge in [-0.1, -0.05) is 46.0 Å². The van der Waals surface area contributed by atoms with Gasteiger partial charge in [0.2, 0.25) is 0 Å². The van der Waals surface area contributed by atoms with Gasteiger partial charge in [-0.25, -0.2) is 0 Å². The molecule has 0 unspecified atom stereocenters. The third kappa shape index (κ3) is 1.84. The van der Waals surface area contributed by atoms with Gasteiger partial charge >= 0.3 is 0 Å². The van der Waals surface area contributed by atoms with Crippen LogP contribution in [0.15, 0.2) is 0 Å². The molecule has 2 aliphatic rings. The van der Waals surface area contributed by atoms with Gasteiger partial charge in [0.25, 0.3) is 0 Å². The highest BCUT2D eigenvalue weighted by atomic mass is 14.7. The van der Waals surface area contributed by atoms with Gasteiger partial charge in [0.1, 0.15) is 0 Å². The fourth-order valence-corrected chi connectivity index (χ4v) is 3.58. The fraction of sp³-hybridized carbons (Fsp3) is 1.00. The molecule has 2 atom stereocenters. The van der Waals surface area contributed by atoms with Crippen LogP contribution in [0.5, 0.6) is 0 Å². The summed E-state index contributed by atoms with van der Waals surface area (Å²) in [6, 6.07) is 0. The minimum absolute atomic E-state index is 0.562. The molecular formula is C13H25N. The highest BCUT2D eigenvalue weighted by Crippen LogP contribution is 2.60. The molecule has 0 spiro atoms. The van der Waals surface area contributed by atoms with Crippen LogP contribution < -0.4 is 5.73 Å². The summed E-state index contributed by atoms with van der Waals surface area (Å²) in [5.41, 5.74) is 6.37. The van der Waals surface area contributed by atoms with Crippen LogP contribution in [0.3, 0.4) is 0 Å². The molecule has 1 nitrogen and oxygen atoms in total. The average Bonchev–Trinajstić information content (AvgIpc) is 2.69. The summed E-state index contributed by atoms with van der Waals surface area (Å²) in [6.07, 6.45) is 8.88. The summed E-state index contributed by atoms with van der Waals surface area (Å²) >= 11 is 0. The first-order chi connectivity index (χ1) is 6.66. The van der Waals surface area contributed by atoms with Gasteiger partial charge in [0.05, 0.1) is 0 Å². The Morgan fingerprint density at radius 1 is 1.07 bits per heavy atom. The lowest BCUT2D eigenvalue weighted by atomic mass is 9.84. The van der Waals surface area contributed by atoms with Crippen LogP contribution in [0, 0.1) is 23.2 Å². The summed E-state index contributed by atoms with van der Waals surface area (Å²) in [6.45, 7) is 5.71. The summed E-state index contributed by atoms with van der Waals surface area (Å²) in [4.78, 5) is 0. The lowest BCUT2D eigenvalue weighted by Gasteiger charge is -2.22. The molecule has 0 aromatic rings. The molecule has 2 N–H and O–H groups in total. The Kier molecular flexibility index (Phi) is 2.88. The van der Waals surface area contributed by atoms with E-state index >= 15 is 0 Å². The number of hydrogen-bond donors (Lipinski definition) is 1. The standard InChI is InChI=1S/C13H25N/c1-13(2)11(12(13)9-14)8-10-6-4-3-5-7-10/h10-12H,3-9,14H2,1-2H3/t11-,12-/m0/s1. The van der Waals surface area contributed by atoms with Gasteiger partial charge in [-0.3, -0.25) is 0 Å². The third-order valence-electron chi connectivity index (χ3n) is 4.85. The van der Waals surface area contributed by atoms with Crippen LogP contribution in [0.25, 0.3) is 0 Å². The van der Waals surface area contributed by atoms with Crippen LogP contribution in [0.4, 0.5) is 0 Å². The van der Waals surface area contributed by atoms with E-state index in [0.29, 0.717) is 5.41 Å². The minimum atomic E-state index is 0.562. The van der Waals surface area contributed by atoms with Gasteiger partial charge in [-0.05, 0) is 36.1 Å². The van der Waals surface area contributed by atoms with E-state index in [4.69, 9.17) is 5.73 Å². The zero-order chi connectivity index (χ0) is 10.2. The van der Waals surface area contributed by atoms with Crippen molar-refractivity contribution in [2.45, 2.75) is 52.4 Å². The summed E-state index contributed by atoms with van der Waals surface area (Å²) in [5, 5.41) is 0. The quantitative estimate of drug-likeness (QED) is 0.735. The Morgan fingerprint density at radius 3 is 2.21 bits per heavy atom. The van der Waals surface area contributed by atoms with Gasteiger partial charge in [-0.2, -0.15) is 0 Å². The maximum absolute atomic E-state index is 5.80. The van der Waals surface area contributed by atoms with Crippen LogP contribution in [0.1, 0.15) is 52.4 Å². The maximum Gasteiger partial charge on any atom is -0.00408 e. The van der Waals surface area contributed by atoms with Crippen molar-refractivity contribution in [3.63, 3.8) is 0 Å². The van der Waals surface area contributed by atoms with E-state index < -0.39 is 0 Å². The van der Waals surface area contributed by atoms with Crippen LogP contribution in [-0.4, -0.2) is 6.54 Å². The third-order valence-corrected chi connectivity index (χ3v) is 4.85.